The first-order valence-electron chi connectivity index (χ1n) is 6.93. The van der Waals surface area contributed by atoms with Crippen LogP contribution in [-0.2, 0) is 4.79 Å². The Morgan fingerprint density at radius 2 is 2.00 bits per heavy atom. The molecule has 1 atom stereocenters. The molecule has 0 unspecified atom stereocenters. The van der Waals surface area contributed by atoms with E-state index in [1.165, 1.54) is 0 Å². The lowest BCUT2D eigenvalue weighted by Gasteiger charge is -2.15. The summed E-state index contributed by atoms with van der Waals surface area (Å²) < 4.78 is 0. The summed E-state index contributed by atoms with van der Waals surface area (Å²) in [4.78, 5) is 20.1. The van der Waals surface area contributed by atoms with E-state index < -0.39 is 11.5 Å². The maximum Gasteiger partial charge on any atom is 0.139 e. The molecule has 0 spiro atoms. The molecule has 21 heavy (non-hydrogen) atoms. The average Bonchev–Trinajstić information content (AvgIpc) is 2.44. The highest BCUT2D eigenvalue weighted by atomic mass is 16.3. The highest BCUT2D eigenvalue weighted by Gasteiger charge is 2.19. The highest BCUT2D eigenvalue weighted by Crippen LogP contribution is 2.22. The van der Waals surface area contributed by atoms with Crippen LogP contribution in [0.5, 0.6) is 0 Å². The van der Waals surface area contributed by atoms with E-state index in [0.717, 1.165) is 22.2 Å². The molecule has 4 heteroatoms. The molecule has 0 aliphatic carbocycles. The number of aromatic nitrogens is 2. The van der Waals surface area contributed by atoms with Crippen molar-refractivity contribution >= 4 is 22.8 Å². The molecule has 4 nitrogen and oxygen atoms in total. The number of aliphatic hydroxyl groups excluding tert-OH is 1. The van der Waals surface area contributed by atoms with Crippen molar-refractivity contribution in [2.75, 3.05) is 0 Å². The standard InChI is InChI=1S/C17H20N2O2/c1-11(20)14-7-13-8-15(18-10-16(13)19-9-14)5-6-17(3,4)12(2)21/h5-11,20H,1-4H3/b6-5+/t11-/m1/s1. The zero-order chi connectivity index (χ0) is 15.6. The summed E-state index contributed by atoms with van der Waals surface area (Å²) in [5, 5.41) is 10.5. The van der Waals surface area contributed by atoms with Crippen LogP contribution < -0.4 is 0 Å². The Balaban J connectivity index is 2.38. The van der Waals surface area contributed by atoms with Gasteiger partial charge in [-0.1, -0.05) is 6.08 Å². The Bertz CT molecular complexity index is 703. The molecule has 0 aliphatic rings. The van der Waals surface area contributed by atoms with Crippen molar-refractivity contribution in [1.29, 1.82) is 0 Å². The lowest BCUT2D eigenvalue weighted by atomic mass is 9.88. The van der Waals surface area contributed by atoms with Gasteiger partial charge in [0.15, 0.2) is 0 Å². The number of rotatable bonds is 4. The maximum absolute atomic E-state index is 11.5. The number of allylic oxidation sites excluding steroid dienone is 1. The lowest BCUT2D eigenvalue weighted by Crippen LogP contribution is -2.17. The third kappa shape index (κ3) is 3.52. The highest BCUT2D eigenvalue weighted by molar-refractivity contribution is 5.85. The molecule has 0 amide bonds. The van der Waals surface area contributed by atoms with E-state index in [1.807, 2.05) is 38.1 Å². The van der Waals surface area contributed by atoms with Gasteiger partial charge in [-0.2, -0.15) is 0 Å². The van der Waals surface area contributed by atoms with Crippen molar-refractivity contribution in [3.63, 3.8) is 0 Å². The molecule has 0 radical (unpaired) electrons. The molecule has 0 saturated carbocycles. The van der Waals surface area contributed by atoms with Gasteiger partial charge in [-0.3, -0.25) is 14.8 Å². The minimum absolute atomic E-state index is 0.109. The molecule has 0 saturated heterocycles. The second-order valence-electron chi connectivity index (χ2n) is 5.86. The monoisotopic (exact) mass is 284 g/mol. The van der Waals surface area contributed by atoms with E-state index in [1.54, 1.807) is 26.2 Å². The average molecular weight is 284 g/mol. The van der Waals surface area contributed by atoms with E-state index in [-0.39, 0.29) is 5.78 Å². The number of pyridine rings is 2. The largest absolute Gasteiger partial charge is 0.389 e. The summed E-state index contributed by atoms with van der Waals surface area (Å²) >= 11 is 0. The molecule has 2 heterocycles. The van der Waals surface area contributed by atoms with Gasteiger partial charge in [-0.15, -0.1) is 0 Å². The van der Waals surface area contributed by atoms with Crippen molar-refractivity contribution in [3.8, 4) is 0 Å². The number of aliphatic hydroxyl groups is 1. The first-order chi connectivity index (χ1) is 9.79. The normalized spacial score (nSPS) is 13.8. The summed E-state index contributed by atoms with van der Waals surface area (Å²) in [5.74, 6) is 0.109. The van der Waals surface area contributed by atoms with Gasteiger partial charge >= 0.3 is 0 Å². The van der Waals surface area contributed by atoms with Crippen LogP contribution in [0.25, 0.3) is 17.0 Å². The summed E-state index contributed by atoms with van der Waals surface area (Å²) in [7, 11) is 0. The first-order valence-corrected chi connectivity index (χ1v) is 6.93. The van der Waals surface area contributed by atoms with E-state index in [2.05, 4.69) is 9.97 Å². The van der Waals surface area contributed by atoms with Crippen LogP contribution in [0, 0.1) is 5.41 Å². The molecular formula is C17H20N2O2. The van der Waals surface area contributed by atoms with Crippen molar-refractivity contribution in [2.45, 2.75) is 33.8 Å². The molecule has 2 aromatic heterocycles. The fourth-order valence-corrected chi connectivity index (χ4v) is 1.80. The topological polar surface area (TPSA) is 63.1 Å². The quantitative estimate of drug-likeness (QED) is 0.935. The lowest BCUT2D eigenvalue weighted by molar-refractivity contribution is -0.122. The number of carbonyl (C=O) groups excluding carboxylic acids is 1. The fraction of sp³-hybridized carbons (Fsp3) is 0.353. The van der Waals surface area contributed by atoms with Crippen molar-refractivity contribution in [1.82, 2.24) is 9.97 Å². The van der Waals surface area contributed by atoms with Gasteiger partial charge in [0.1, 0.15) is 5.78 Å². The summed E-state index contributed by atoms with van der Waals surface area (Å²) in [6.45, 7) is 7.04. The Morgan fingerprint density at radius 3 is 2.62 bits per heavy atom. The predicted octanol–water partition coefficient (Wildman–Crippen LogP) is 3.31. The second-order valence-corrected chi connectivity index (χ2v) is 5.86. The second kappa shape index (κ2) is 5.74. The van der Waals surface area contributed by atoms with Crippen LogP contribution in [-0.4, -0.2) is 20.9 Å². The maximum atomic E-state index is 11.5. The number of carbonyl (C=O) groups is 1. The minimum Gasteiger partial charge on any atom is -0.389 e. The van der Waals surface area contributed by atoms with Gasteiger partial charge < -0.3 is 5.11 Å². The Morgan fingerprint density at radius 1 is 1.29 bits per heavy atom. The Labute approximate surface area is 124 Å². The van der Waals surface area contributed by atoms with Crippen LogP contribution in [0.15, 0.2) is 30.6 Å². The van der Waals surface area contributed by atoms with E-state index in [0.29, 0.717) is 0 Å². The molecule has 0 bridgehead atoms. The number of fused-ring (bicyclic) bond motifs is 1. The van der Waals surface area contributed by atoms with E-state index >= 15 is 0 Å². The molecule has 110 valence electrons. The van der Waals surface area contributed by atoms with Gasteiger partial charge in [-0.25, -0.2) is 0 Å². The molecule has 1 N–H and O–H groups in total. The third-order valence-corrected chi connectivity index (χ3v) is 3.67. The van der Waals surface area contributed by atoms with Gasteiger partial charge in [0.2, 0.25) is 0 Å². The third-order valence-electron chi connectivity index (χ3n) is 3.67. The van der Waals surface area contributed by atoms with E-state index in [9.17, 15) is 9.90 Å². The van der Waals surface area contributed by atoms with Crippen molar-refractivity contribution in [2.24, 2.45) is 5.41 Å². The van der Waals surface area contributed by atoms with E-state index in [4.69, 9.17) is 0 Å². The zero-order valence-electron chi connectivity index (χ0n) is 12.8. The van der Waals surface area contributed by atoms with Gasteiger partial charge in [-0.05, 0) is 51.5 Å². The molecule has 2 rings (SSSR count). The molecule has 0 fully saturated rings. The number of ketones is 1. The number of Topliss-reactive ketones (excluding diaryl/α,β-unsaturated/α-hetero) is 1. The SMILES string of the molecule is CC(=O)C(C)(C)/C=C/c1cc2cc([C@@H](C)O)cnc2cn1. The first kappa shape index (κ1) is 15.3. The van der Waals surface area contributed by atoms with Crippen molar-refractivity contribution < 1.29 is 9.90 Å². The number of hydrogen-bond donors (Lipinski definition) is 1. The van der Waals surface area contributed by atoms with Crippen LogP contribution in [0.2, 0.25) is 0 Å². The van der Waals surface area contributed by atoms with Crippen LogP contribution in [0.3, 0.4) is 0 Å². The fourth-order valence-electron chi connectivity index (χ4n) is 1.80. The summed E-state index contributed by atoms with van der Waals surface area (Å²) in [6, 6.07) is 3.81. The Hall–Kier alpha value is -2.07. The smallest absolute Gasteiger partial charge is 0.139 e. The van der Waals surface area contributed by atoms with Gasteiger partial charge in [0.05, 0.1) is 23.5 Å². The Kier molecular flexibility index (Phi) is 4.19. The molecule has 0 aromatic carbocycles. The van der Waals surface area contributed by atoms with Crippen LogP contribution in [0.4, 0.5) is 0 Å². The molecular weight excluding hydrogens is 264 g/mol. The van der Waals surface area contributed by atoms with Crippen LogP contribution in [0.1, 0.15) is 45.1 Å². The van der Waals surface area contributed by atoms with Crippen LogP contribution >= 0.6 is 0 Å². The summed E-state index contributed by atoms with van der Waals surface area (Å²) in [6.07, 6.45) is 6.50. The minimum atomic E-state index is -0.550. The predicted molar refractivity (Wildman–Crippen MR) is 83.7 cm³/mol. The van der Waals surface area contributed by atoms with Gasteiger partial charge in [0, 0.05) is 17.0 Å². The zero-order valence-corrected chi connectivity index (χ0v) is 12.8. The number of hydrogen-bond acceptors (Lipinski definition) is 4. The van der Waals surface area contributed by atoms with Gasteiger partial charge in [0.25, 0.3) is 0 Å². The summed E-state index contributed by atoms with van der Waals surface area (Å²) in [5.41, 5.74) is 1.81. The molecule has 0 aliphatic heterocycles. The molecule has 2 aromatic rings. The number of nitrogens with zero attached hydrogens (tertiary/aromatic N) is 2. The van der Waals surface area contributed by atoms with Crippen molar-refractivity contribution in [3.05, 3.63) is 41.9 Å².